The number of fused-ring (bicyclic) bond motifs is 1. The van der Waals surface area contributed by atoms with Gasteiger partial charge in [-0.2, -0.15) is 5.26 Å². The molecule has 4 aromatic carbocycles. The number of para-hydroxylation sites is 1. The van der Waals surface area contributed by atoms with E-state index in [1.54, 1.807) is 42.9 Å². The molecule has 9 heteroatoms. The summed E-state index contributed by atoms with van der Waals surface area (Å²) < 4.78 is 19.3. The summed E-state index contributed by atoms with van der Waals surface area (Å²) in [6.45, 7) is 2.05. The van der Waals surface area contributed by atoms with Crippen molar-refractivity contribution in [2.45, 2.75) is 19.6 Å². The molecule has 5 aromatic rings. The molecule has 0 radical (unpaired) electrons. The third kappa shape index (κ3) is 5.86. The highest BCUT2D eigenvalue weighted by atomic mass is 32.1. The SMILES string of the molecule is CCOC(=O)C1=C(c2ccccc2)N=c2s/c(=C\c3cccc(OC)c3OCc3ccccc3C#N)c(=O)n2[C@H]1c1ccccc1. The first-order chi connectivity index (χ1) is 22.5. The number of nitrogens with zero attached hydrogens (tertiary/aromatic N) is 3. The van der Waals surface area contributed by atoms with Gasteiger partial charge in [0.25, 0.3) is 5.56 Å². The van der Waals surface area contributed by atoms with Crippen molar-refractivity contribution in [3.63, 3.8) is 0 Å². The van der Waals surface area contributed by atoms with Crippen LogP contribution in [0.4, 0.5) is 0 Å². The third-order valence-corrected chi connectivity index (χ3v) is 8.50. The second-order valence-corrected chi connectivity index (χ2v) is 11.3. The molecule has 0 amide bonds. The van der Waals surface area contributed by atoms with E-state index in [9.17, 15) is 14.9 Å². The van der Waals surface area contributed by atoms with Crippen molar-refractivity contribution in [2.24, 2.45) is 4.99 Å². The molecular formula is C37H29N3O5S. The summed E-state index contributed by atoms with van der Waals surface area (Å²) in [6.07, 6.45) is 1.75. The van der Waals surface area contributed by atoms with Crippen LogP contribution < -0.4 is 24.4 Å². The van der Waals surface area contributed by atoms with Crippen molar-refractivity contribution < 1.29 is 19.0 Å². The molecule has 1 aromatic heterocycles. The molecule has 0 saturated heterocycles. The smallest absolute Gasteiger partial charge is 0.338 e. The largest absolute Gasteiger partial charge is 0.493 e. The second-order valence-electron chi connectivity index (χ2n) is 10.3. The fourth-order valence-corrected chi connectivity index (χ4v) is 6.39. The molecule has 0 spiro atoms. The number of methoxy groups -OCH3 is 1. The van der Waals surface area contributed by atoms with E-state index in [0.717, 1.165) is 16.7 Å². The summed E-state index contributed by atoms with van der Waals surface area (Å²) in [5.41, 5.74) is 3.79. The lowest BCUT2D eigenvalue weighted by atomic mass is 9.93. The number of hydrogen-bond acceptors (Lipinski definition) is 8. The van der Waals surface area contributed by atoms with E-state index in [1.165, 1.54) is 11.3 Å². The molecule has 228 valence electrons. The number of ether oxygens (including phenoxy) is 3. The Morgan fingerprint density at radius 3 is 2.41 bits per heavy atom. The number of nitriles is 1. The average Bonchev–Trinajstić information content (AvgIpc) is 3.41. The van der Waals surface area contributed by atoms with E-state index in [2.05, 4.69) is 6.07 Å². The van der Waals surface area contributed by atoms with Gasteiger partial charge < -0.3 is 14.2 Å². The molecule has 8 nitrogen and oxygen atoms in total. The number of aromatic nitrogens is 1. The molecule has 0 N–H and O–H groups in total. The van der Waals surface area contributed by atoms with Gasteiger partial charge >= 0.3 is 5.97 Å². The Kier molecular flexibility index (Phi) is 8.90. The Morgan fingerprint density at radius 2 is 1.70 bits per heavy atom. The van der Waals surface area contributed by atoms with Crippen LogP contribution in [0.15, 0.2) is 118 Å². The Balaban J connectivity index is 1.54. The zero-order chi connectivity index (χ0) is 32.0. The fourth-order valence-electron chi connectivity index (χ4n) is 5.40. The van der Waals surface area contributed by atoms with Crippen LogP contribution in [0.2, 0.25) is 0 Å². The Morgan fingerprint density at radius 1 is 0.978 bits per heavy atom. The molecule has 46 heavy (non-hydrogen) atoms. The maximum Gasteiger partial charge on any atom is 0.338 e. The second kappa shape index (κ2) is 13.5. The quantitative estimate of drug-likeness (QED) is 0.203. The van der Waals surface area contributed by atoms with Crippen molar-refractivity contribution in [3.8, 4) is 17.6 Å². The summed E-state index contributed by atoms with van der Waals surface area (Å²) in [5, 5.41) is 9.54. The third-order valence-electron chi connectivity index (χ3n) is 7.51. The molecule has 0 aliphatic carbocycles. The van der Waals surface area contributed by atoms with Gasteiger partial charge in [-0.1, -0.05) is 102 Å². The number of thiazole rings is 1. The van der Waals surface area contributed by atoms with E-state index >= 15 is 0 Å². The lowest BCUT2D eigenvalue weighted by Crippen LogP contribution is -2.40. The number of carbonyl (C=O) groups is 1. The molecule has 2 heterocycles. The van der Waals surface area contributed by atoms with Gasteiger partial charge in [0.05, 0.1) is 47.2 Å². The van der Waals surface area contributed by atoms with Gasteiger partial charge in [0, 0.05) is 16.7 Å². The van der Waals surface area contributed by atoms with Crippen LogP contribution in [0.3, 0.4) is 0 Å². The van der Waals surface area contributed by atoms with Crippen LogP contribution >= 0.6 is 11.3 Å². The molecule has 0 fully saturated rings. The highest BCUT2D eigenvalue weighted by Crippen LogP contribution is 2.36. The highest BCUT2D eigenvalue weighted by molar-refractivity contribution is 7.07. The summed E-state index contributed by atoms with van der Waals surface area (Å²) in [7, 11) is 1.55. The first kappa shape index (κ1) is 30.3. The van der Waals surface area contributed by atoms with Gasteiger partial charge in [-0.25, -0.2) is 9.79 Å². The van der Waals surface area contributed by atoms with Crippen LogP contribution in [-0.4, -0.2) is 24.3 Å². The minimum atomic E-state index is -0.766. The number of benzene rings is 4. The van der Waals surface area contributed by atoms with Gasteiger partial charge in [0.1, 0.15) is 6.61 Å². The molecular weight excluding hydrogens is 598 g/mol. The number of hydrogen-bond donors (Lipinski definition) is 0. The van der Waals surface area contributed by atoms with E-state index in [1.807, 2.05) is 84.9 Å². The Hall–Kier alpha value is -5.72. The lowest BCUT2D eigenvalue weighted by Gasteiger charge is -2.25. The topological polar surface area (TPSA) is 103 Å². The van der Waals surface area contributed by atoms with Crippen molar-refractivity contribution in [2.75, 3.05) is 13.7 Å². The van der Waals surface area contributed by atoms with Crippen LogP contribution in [-0.2, 0) is 16.1 Å². The van der Waals surface area contributed by atoms with Gasteiger partial charge in [-0.3, -0.25) is 9.36 Å². The van der Waals surface area contributed by atoms with Gasteiger partial charge in [0.2, 0.25) is 0 Å². The normalized spacial score (nSPS) is 14.2. The summed E-state index contributed by atoms with van der Waals surface area (Å²) in [6, 6.07) is 32.9. The standard InChI is InChI=1S/C37H29N3O5S/c1-3-44-36(42)31-32(24-13-6-4-7-14-24)39-37-40(33(31)25-15-8-5-9-16-25)35(41)30(46-37)21-26-19-12-20-29(43-2)34(26)45-23-28-18-11-10-17-27(28)22-38/h4-21,33H,3,23H2,1-2H3/b30-21-/t33-/m0/s1. The van der Waals surface area contributed by atoms with Crippen molar-refractivity contribution >= 4 is 29.1 Å². The summed E-state index contributed by atoms with van der Waals surface area (Å²) in [5.74, 6) is 0.379. The monoisotopic (exact) mass is 627 g/mol. The zero-order valence-electron chi connectivity index (χ0n) is 25.2. The van der Waals surface area contributed by atoms with Crippen LogP contribution in [0.5, 0.6) is 11.5 Å². The van der Waals surface area contributed by atoms with Crippen molar-refractivity contribution in [3.05, 3.63) is 156 Å². The zero-order valence-corrected chi connectivity index (χ0v) is 26.0. The minimum absolute atomic E-state index is 0.129. The van der Waals surface area contributed by atoms with E-state index < -0.39 is 12.0 Å². The van der Waals surface area contributed by atoms with Crippen molar-refractivity contribution in [1.82, 2.24) is 4.57 Å². The van der Waals surface area contributed by atoms with E-state index in [4.69, 9.17) is 19.2 Å². The first-order valence-corrected chi connectivity index (χ1v) is 15.5. The minimum Gasteiger partial charge on any atom is -0.493 e. The highest BCUT2D eigenvalue weighted by Gasteiger charge is 2.35. The Bertz CT molecular complexity index is 2160. The van der Waals surface area contributed by atoms with Crippen LogP contribution in [0.25, 0.3) is 11.8 Å². The van der Waals surface area contributed by atoms with Gasteiger partial charge in [-0.05, 0) is 30.7 Å². The molecule has 0 unspecified atom stereocenters. The Labute approximate surface area is 269 Å². The molecule has 1 aliphatic heterocycles. The number of esters is 1. The summed E-state index contributed by atoms with van der Waals surface area (Å²) >= 11 is 1.23. The average molecular weight is 628 g/mol. The van der Waals surface area contributed by atoms with E-state index in [-0.39, 0.29) is 18.8 Å². The van der Waals surface area contributed by atoms with Gasteiger partial charge in [0.15, 0.2) is 16.3 Å². The van der Waals surface area contributed by atoms with Crippen LogP contribution in [0.1, 0.15) is 40.8 Å². The molecule has 1 aliphatic rings. The molecule has 6 rings (SSSR count). The van der Waals surface area contributed by atoms with E-state index in [0.29, 0.717) is 43.2 Å². The molecule has 1 atom stereocenters. The van der Waals surface area contributed by atoms with Crippen LogP contribution in [0, 0.1) is 11.3 Å². The molecule has 0 saturated carbocycles. The maximum atomic E-state index is 14.3. The predicted octanol–water partition coefficient (Wildman–Crippen LogP) is 5.39. The first-order valence-electron chi connectivity index (χ1n) is 14.6. The number of rotatable bonds is 9. The lowest BCUT2D eigenvalue weighted by molar-refractivity contribution is -0.138. The maximum absolute atomic E-state index is 14.3. The fraction of sp³-hybridized carbons (Fsp3) is 0.135. The van der Waals surface area contributed by atoms with Crippen molar-refractivity contribution in [1.29, 1.82) is 5.26 Å². The summed E-state index contributed by atoms with van der Waals surface area (Å²) in [4.78, 5) is 33.3. The predicted molar refractivity (Wildman–Crippen MR) is 176 cm³/mol. The molecule has 0 bridgehead atoms. The van der Waals surface area contributed by atoms with Gasteiger partial charge in [-0.15, -0.1) is 0 Å². The number of carbonyl (C=O) groups excluding carboxylic acids is 1.